The van der Waals surface area contributed by atoms with E-state index >= 15 is 0 Å². The van der Waals surface area contributed by atoms with E-state index in [0.29, 0.717) is 11.1 Å². The summed E-state index contributed by atoms with van der Waals surface area (Å²) in [5.74, 6) is -0.163. The van der Waals surface area contributed by atoms with Gasteiger partial charge in [0.05, 0.1) is 4.90 Å². The molecular formula is C15H16O4S. The van der Waals surface area contributed by atoms with Crippen LogP contribution in [-0.2, 0) is 10.1 Å². The molecule has 0 bridgehead atoms. The summed E-state index contributed by atoms with van der Waals surface area (Å²) in [6.45, 7) is 3.40. The molecule has 106 valence electrons. The topological polar surface area (TPSA) is 74.6 Å². The van der Waals surface area contributed by atoms with E-state index in [1.165, 1.54) is 19.1 Å². The molecule has 0 saturated heterocycles. The van der Waals surface area contributed by atoms with Gasteiger partial charge in [0.2, 0.25) is 0 Å². The van der Waals surface area contributed by atoms with Crippen LogP contribution in [0.2, 0.25) is 0 Å². The second-order valence-electron chi connectivity index (χ2n) is 4.78. The lowest BCUT2D eigenvalue weighted by atomic mass is 9.92. The van der Waals surface area contributed by atoms with Crippen LogP contribution in [-0.4, -0.2) is 18.1 Å². The van der Waals surface area contributed by atoms with Crippen LogP contribution in [0.15, 0.2) is 47.4 Å². The van der Waals surface area contributed by atoms with Crippen molar-refractivity contribution in [2.45, 2.75) is 24.7 Å². The van der Waals surface area contributed by atoms with E-state index < -0.39 is 10.1 Å². The summed E-state index contributed by atoms with van der Waals surface area (Å²) in [7, 11) is -4.30. The van der Waals surface area contributed by atoms with Crippen molar-refractivity contribution in [3.8, 4) is 5.75 Å². The smallest absolute Gasteiger partial charge is 0.294 e. The van der Waals surface area contributed by atoms with Gasteiger partial charge in [-0.25, -0.2) is 0 Å². The largest absolute Gasteiger partial charge is 0.508 e. The van der Waals surface area contributed by atoms with Crippen molar-refractivity contribution in [2.75, 3.05) is 0 Å². The molecule has 2 aromatic rings. The van der Waals surface area contributed by atoms with Crippen LogP contribution in [0.1, 0.15) is 29.5 Å². The Morgan fingerprint density at radius 3 is 2.25 bits per heavy atom. The van der Waals surface area contributed by atoms with E-state index in [2.05, 4.69) is 0 Å². The fourth-order valence-electron chi connectivity index (χ4n) is 2.23. The van der Waals surface area contributed by atoms with E-state index in [1.807, 2.05) is 37.3 Å². The van der Waals surface area contributed by atoms with E-state index in [0.717, 1.165) is 5.56 Å². The maximum Gasteiger partial charge on any atom is 0.294 e. The van der Waals surface area contributed by atoms with Crippen LogP contribution >= 0.6 is 0 Å². The second kappa shape index (κ2) is 5.26. The van der Waals surface area contributed by atoms with Crippen LogP contribution in [0, 0.1) is 6.92 Å². The first kappa shape index (κ1) is 14.6. The normalized spacial score (nSPS) is 13.2. The molecule has 1 atom stereocenters. The minimum absolute atomic E-state index is 0.0197. The molecule has 0 aromatic heterocycles. The standard InChI is InChI=1S/C15H16O4S/c1-10-8-14(16)13(9-15(10)20(17,18)19)11(2)12-6-4-3-5-7-12/h3-9,11,16H,1-2H3,(H,17,18,19). The predicted molar refractivity (Wildman–Crippen MR) is 76.6 cm³/mol. The van der Waals surface area contributed by atoms with Crippen molar-refractivity contribution in [3.05, 3.63) is 59.2 Å². The molecule has 20 heavy (non-hydrogen) atoms. The molecule has 0 aliphatic carbocycles. The average molecular weight is 292 g/mol. The van der Waals surface area contributed by atoms with Gasteiger partial charge < -0.3 is 5.11 Å². The molecule has 0 radical (unpaired) electrons. The van der Waals surface area contributed by atoms with Crippen LogP contribution in [0.5, 0.6) is 5.75 Å². The summed E-state index contributed by atoms with van der Waals surface area (Å²) in [6.07, 6.45) is 0. The first-order valence-corrected chi connectivity index (χ1v) is 7.60. The number of hydrogen-bond donors (Lipinski definition) is 2. The Kier molecular flexibility index (Phi) is 3.83. The van der Waals surface area contributed by atoms with Crippen molar-refractivity contribution in [3.63, 3.8) is 0 Å². The summed E-state index contributed by atoms with van der Waals surface area (Å²) in [4.78, 5) is -0.173. The van der Waals surface area contributed by atoms with Crippen molar-refractivity contribution in [1.29, 1.82) is 0 Å². The Balaban J connectivity index is 2.58. The van der Waals surface area contributed by atoms with E-state index in [-0.39, 0.29) is 16.6 Å². The van der Waals surface area contributed by atoms with Crippen LogP contribution < -0.4 is 0 Å². The molecule has 2 aromatic carbocycles. The molecule has 2 N–H and O–H groups in total. The van der Waals surface area contributed by atoms with Gasteiger partial charge in [-0.15, -0.1) is 0 Å². The number of benzene rings is 2. The predicted octanol–water partition coefficient (Wildman–Crippen LogP) is 3.10. The Hall–Kier alpha value is -1.85. The molecule has 2 rings (SSSR count). The highest BCUT2D eigenvalue weighted by Gasteiger charge is 2.20. The van der Waals surface area contributed by atoms with Gasteiger partial charge >= 0.3 is 0 Å². The Morgan fingerprint density at radius 2 is 1.70 bits per heavy atom. The third-order valence-electron chi connectivity index (χ3n) is 3.37. The minimum atomic E-state index is -4.30. The third kappa shape index (κ3) is 2.84. The van der Waals surface area contributed by atoms with Crippen molar-refractivity contribution >= 4 is 10.1 Å². The van der Waals surface area contributed by atoms with Crippen molar-refractivity contribution in [1.82, 2.24) is 0 Å². The van der Waals surface area contributed by atoms with Gasteiger partial charge in [-0.1, -0.05) is 37.3 Å². The molecule has 4 nitrogen and oxygen atoms in total. The lowest BCUT2D eigenvalue weighted by molar-refractivity contribution is 0.463. The number of rotatable bonds is 3. The highest BCUT2D eigenvalue weighted by Crippen LogP contribution is 2.34. The molecule has 0 aliphatic heterocycles. The molecular weight excluding hydrogens is 276 g/mol. The molecule has 0 amide bonds. The van der Waals surface area contributed by atoms with Gasteiger partial charge in [0.15, 0.2) is 0 Å². The highest BCUT2D eigenvalue weighted by molar-refractivity contribution is 7.85. The zero-order chi connectivity index (χ0) is 14.9. The van der Waals surface area contributed by atoms with Crippen LogP contribution in [0.4, 0.5) is 0 Å². The maximum absolute atomic E-state index is 11.4. The van der Waals surface area contributed by atoms with Crippen molar-refractivity contribution < 1.29 is 18.1 Å². The van der Waals surface area contributed by atoms with E-state index in [9.17, 15) is 18.1 Å². The summed E-state index contributed by atoms with van der Waals surface area (Å²) in [6, 6.07) is 12.1. The van der Waals surface area contributed by atoms with Gasteiger partial charge in [-0.2, -0.15) is 8.42 Å². The SMILES string of the molecule is Cc1cc(O)c(C(C)c2ccccc2)cc1S(=O)(=O)O. The number of aryl methyl sites for hydroxylation is 1. The monoisotopic (exact) mass is 292 g/mol. The lowest BCUT2D eigenvalue weighted by Crippen LogP contribution is -2.04. The van der Waals surface area contributed by atoms with Crippen molar-refractivity contribution in [2.24, 2.45) is 0 Å². The van der Waals surface area contributed by atoms with E-state index in [4.69, 9.17) is 0 Å². The van der Waals surface area contributed by atoms with E-state index in [1.54, 1.807) is 0 Å². The Labute approximate surface area is 118 Å². The maximum atomic E-state index is 11.4. The molecule has 0 fully saturated rings. The molecule has 0 heterocycles. The fraction of sp³-hybridized carbons (Fsp3) is 0.200. The summed E-state index contributed by atoms with van der Waals surface area (Å²) in [5, 5.41) is 10.0. The highest BCUT2D eigenvalue weighted by atomic mass is 32.2. The quantitative estimate of drug-likeness (QED) is 0.852. The Bertz CT molecular complexity index is 721. The first-order chi connectivity index (χ1) is 9.30. The fourth-order valence-corrected chi connectivity index (χ4v) is 2.98. The summed E-state index contributed by atoms with van der Waals surface area (Å²) >= 11 is 0. The summed E-state index contributed by atoms with van der Waals surface area (Å²) in [5.41, 5.74) is 1.73. The third-order valence-corrected chi connectivity index (χ3v) is 4.36. The minimum Gasteiger partial charge on any atom is -0.508 e. The summed E-state index contributed by atoms with van der Waals surface area (Å²) < 4.78 is 31.9. The zero-order valence-electron chi connectivity index (χ0n) is 11.2. The number of hydrogen-bond acceptors (Lipinski definition) is 3. The van der Waals surface area contributed by atoms with Gasteiger partial charge in [0.25, 0.3) is 10.1 Å². The molecule has 0 spiro atoms. The van der Waals surface area contributed by atoms with Gasteiger partial charge in [-0.05, 0) is 30.2 Å². The molecule has 0 aliphatic rings. The molecule has 0 saturated carbocycles. The zero-order valence-corrected chi connectivity index (χ0v) is 12.1. The second-order valence-corrected chi connectivity index (χ2v) is 6.17. The van der Waals surface area contributed by atoms with Crippen LogP contribution in [0.25, 0.3) is 0 Å². The lowest BCUT2D eigenvalue weighted by Gasteiger charge is -2.16. The Morgan fingerprint density at radius 1 is 1.10 bits per heavy atom. The average Bonchev–Trinajstić information content (AvgIpc) is 2.37. The number of phenols is 1. The van der Waals surface area contributed by atoms with Gasteiger partial charge in [0.1, 0.15) is 5.75 Å². The number of phenolic OH excluding ortho intramolecular Hbond substituents is 1. The van der Waals surface area contributed by atoms with Gasteiger partial charge in [0, 0.05) is 11.5 Å². The molecule has 5 heteroatoms. The van der Waals surface area contributed by atoms with Gasteiger partial charge in [-0.3, -0.25) is 4.55 Å². The first-order valence-electron chi connectivity index (χ1n) is 6.16. The number of aromatic hydroxyl groups is 1. The van der Waals surface area contributed by atoms with Crippen LogP contribution in [0.3, 0.4) is 0 Å². The molecule has 1 unspecified atom stereocenters.